The molecule has 1 aliphatic heterocycles. The van der Waals surface area contributed by atoms with Crippen molar-refractivity contribution in [3.63, 3.8) is 0 Å². The number of likely N-dealkylation sites (tertiary alicyclic amines) is 1. The fourth-order valence-corrected chi connectivity index (χ4v) is 3.71. The van der Waals surface area contributed by atoms with Gasteiger partial charge in [-0.25, -0.2) is 9.97 Å². The van der Waals surface area contributed by atoms with Crippen molar-refractivity contribution >= 4 is 5.91 Å². The fraction of sp³-hybridized carbons (Fsp3) is 0.350. The van der Waals surface area contributed by atoms with Crippen LogP contribution in [0.3, 0.4) is 0 Å². The van der Waals surface area contributed by atoms with Crippen LogP contribution in [0.2, 0.25) is 0 Å². The Morgan fingerprint density at radius 2 is 2.19 bits per heavy atom. The number of amides is 1. The number of aromatic nitrogens is 4. The molecule has 0 spiro atoms. The summed E-state index contributed by atoms with van der Waals surface area (Å²) in [6.45, 7) is 2.53. The Labute approximate surface area is 153 Å². The van der Waals surface area contributed by atoms with Crippen molar-refractivity contribution in [2.75, 3.05) is 13.1 Å². The van der Waals surface area contributed by atoms with E-state index in [4.69, 9.17) is 0 Å². The SMILES string of the molecule is Cn1ccnc1-c1cccc(C(=O)N2CCCC(Cn3ccnc3)C2)c1. The number of rotatable bonds is 4. The molecular formula is C20H23N5O. The average Bonchev–Trinajstić information content (AvgIpc) is 3.33. The lowest BCUT2D eigenvalue weighted by Gasteiger charge is -2.33. The highest BCUT2D eigenvalue weighted by Gasteiger charge is 2.25. The van der Waals surface area contributed by atoms with Gasteiger partial charge in [-0.2, -0.15) is 0 Å². The van der Waals surface area contributed by atoms with Crippen molar-refractivity contribution < 1.29 is 4.79 Å². The zero-order valence-corrected chi connectivity index (χ0v) is 15.0. The van der Waals surface area contributed by atoms with E-state index in [1.807, 2.05) is 59.5 Å². The number of carbonyl (C=O) groups is 1. The normalized spacial score (nSPS) is 17.4. The molecule has 4 rings (SSSR count). The smallest absolute Gasteiger partial charge is 0.253 e. The van der Waals surface area contributed by atoms with Gasteiger partial charge in [-0.1, -0.05) is 12.1 Å². The van der Waals surface area contributed by atoms with Gasteiger partial charge in [0, 0.05) is 62.6 Å². The minimum Gasteiger partial charge on any atom is -0.338 e. The maximum atomic E-state index is 13.0. The second-order valence-electron chi connectivity index (χ2n) is 6.96. The Morgan fingerprint density at radius 3 is 2.96 bits per heavy atom. The van der Waals surface area contributed by atoms with Crippen LogP contribution >= 0.6 is 0 Å². The Balaban J connectivity index is 1.49. The van der Waals surface area contributed by atoms with E-state index in [0.717, 1.165) is 49.4 Å². The van der Waals surface area contributed by atoms with Gasteiger partial charge in [0.05, 0.1) is 6.33 Å². The third kappa shape index (κ3) is 3.40. The third-order valence-corrected chi connectivity index (χ3v) is 5.02. The number of hydrogen-bond acceptors (Lipinski definition) is 3. The van der Waals surface area contributed by atoms with Gasteiger partial charge in [0.1, 0.15) is 5.82 Å². The van der Waals surface area contributed by atoms with Crippen LogP contribution < -0.4 is 0 Å². The first-order chi connectivity index (χ1) is 12.7. The summed E-state index contributed by atoms with van der Waals surface area (Å²) in [6, 6.07) is 7.78. The molecule has 1 amide bonds. The summed E-state index contributed by atoms with van der Waals surface area (Å²) >= 11 is 0. The molecule has 0 radical (unpaired) electrons. The highest BCUT2D eigenvalue weighted by Crippen LogP contribution is 2.23. The molecule has 6 nitrogen and oxygen atoms in total. The zero-order valence-electron chi connectivity index (χ0n) is 15.0. The molecular weight excluding hydrogens is 326 g/mol. The van der Waals surface area contributed by atoms with Gasteiger partial charge >= 0.3 is 0 Å². The number of imidazole rings is 2. The van der Waals surface area contributed by atoms with Crippen LogP contribution in [0.1, 0.15) is 23.2 Å². The van der Waals surface area contributed by atoms with Crippen molar-refractivity contribution in [2.45, 2.75) is 19.4 Å². The van der Waals surface area contributed by atoms with Gasteiger partial charge in [0.2, 0.25) is 0 Å². The van der Waals surface area contributed by atoms with E-state index in [1.165, 1.54) is 0 Å². The molecule has 0 saturated carbocycles. The monoisotopic (exact) mass is 349 g/mol. The number of benzene rings is 1. The highest BCUT2D eigenvalue weighted by atomic mass is 16.2. The second kappa shape index (κ2) is 7.15. The second-order valence-corrected chi connectivity index (χ2v) is 6.96. The molecule has 134 valence electrons. The lowest BCUT2D eigenvalue weighted by atomic mass is 9.97. The molecule has 1 unspecified atom stereocenters. The minimum atomic E-state index is 0.108. The topological polar surface area (TPSA) is 56.0 Å². The molecule has 1 aliphatic rings. The van der Waals surface area contributed by atoms with Crippen LogP contribution in [0.25, 0.3) is 11.4 Å². The van der Waals surface area contributed by atoms with Gasteiger partial charge in [0.15, 0.2) is 0 Å². The number of hydrogen-bond donors (Lipinski definition) is 0. The average molecular weight is 349 g/mol. The predicted molar refractivity (Wildman–Crippen MR) is 99.5 cm³/mol. The molecule has 3 aromatic rings. The van der Waals surface area contributed by atoms with E-state index in [1.54, 1.807) is 12.4 Å². The third-order valence-electron chi connectivity index (χ3n) is 5.02. The molecule has 3 heterocycles. The first kappa shape index (κ1) is 16.6. The molecule has 1 fully saturated rings. The van der Waals surface area contributed by atoms with E-state index in [-0.39, 0.29) is 5.91 Å². The van der Waals surface area contributed by atoms with Gasteiger partial charge in [-0.3, -0.25) is 4.79 Å². The van der Waals surface area contributed by atoms with Crippen molar-refractivity contribution in [3.8, 4) is 11.4 Å². The van der Waals surface area contributed by atoms with E-state index in [0.29, 0.717) is 5.92 Å². The number of nitrogens with zero attached hydrogens (tertiary/aromatic N) is 5. The van der Waals surface area contributed by atoms with E-state index in [2.05, 4.69) is 14.5 Å². The highest BCUT2D eigenvalue weighted by molar-refractivity contribution is 5.95. The summed E-state index contributed by atoms with van der Waals surface area (Å²) in [4.78, 5) is 23.5. The molecule has 1 saturated heterocycles. The number of carbonyl (C=O) groups excluding carboxylic acids is 1. The number of piperidine rings is 1. The number of aryl methyl sites for hydroxylation is 1. The van der Waals surface area contributed by atoms with Crippen LogP contribution in [0.4, 0.5) is 0 Å². The van der Waals surface area contributed by atoms with Crippen LogP contribution in [-0.4, -0.2) is 43.0 Å². The van der Waals surface area contributed by atoms with Crippen LogP contribution in [0.15, 0.2) is 55.4 Å². The maximum absolute atomic E-state index is 13.0. The van der Waals surface area contributed by atoms with Crippen molar-refractivity contribution in [3.05, 3.63) is 60.9 Å². The molecule has 1 aromatic carbocycles. The molecule has 2 aromatic heterocycles. The quantitative estimate of drug-likeness (QED) is 0.728. The summed E-state index contributed by atoms with van der Waals surface area (Å²) in [7, 11) is 1.96. The first-order valence-electron chi connectivity index (χ1n) is 9.03. The largest absolute Gasteiger partial charge is 0.338 e. The summed E-state index contributed by atoms with van der Waals surface area (Å²) in [6.07, 6.45) is 11.5. The van der Waals surface area contributed by atoms with Gasteiger partial charge in [0.25, 0.3) is 5.91 Å². The molecule has 0 aliphatic carbocycles. The Kier molecular flexibility index (Phi) is 4.56. The summed E-state index contributed by atoms with van der Waals surface area (Å²) in [5, 5.41) is 0. The molecule has 1 atom stereocenters. The fourth-order valence-electron chi connectivity index (χ4n) is 3.71. The van der Waals surface area contributed by atoms with Crippen molar-refractivity contribution in [1.82, 2.24) is 24.0 Å². The summed E-state index contributed by atoms with van der Waals surface area (Å²) < 4.78 is 4.06. The predicted octanol–water partition coefficient (Wildman–Crippen LogP) is 2.84. The molecule has 0 bridgehead atoms. The van der Waals surface area contributed by atoms with Crippen molar-refractivity contribution in [1.29, 1.82) is 0 Å². The first-order valence-corrected chi connectivity index (χ1v) is 9.03. The molecule has 6 heteroatoms. The Morgan fingerprint density at radius 1 is 1.27 bits per heavy atom. The summed E-state index contributed by atoms with van der Waals surface area (Å²) in [5.41, 5.74) is 1.70. The standard InChI is InChI=1S/C20H23N5O/c1-23-10-8-22-19(23)17-5-2-6-18(12-17)20(26)25-9-3-4-16(14-25)13-24-11-7-21-15-24/h2,5-8,10-12,15-16H,3-4,9,13-14H2,1H3. The summed E-state index contributed by atoms with van der Waals surface area (Å²) in [5.74, 6) is 1.45. The lowest BCUT2D eigenvalue weighted by molar-refractivity contribution is 0.0662. The minimum absolute atomic E-state index is 0.108. The van der Waals surface area contributed by atoms with Gasteiger partial charge in [-0.15, -0.1) is 0 Å². The molecule has 26 heavy (non-hydrogen) atoms. The Hall–Kier alpha value is -2.89. The van der Waals surface area contributed by atoms with E-state index >= 15 is 0 Å². The van der Waals surface area contributed by atoms with E-state index in [9.17, 15) is 4.79 Å². The maximum Gasteiger partial charge on any atom is 0.253 e. The Bertz CT molecular complexity index is 883. The van der Waals surface area contributed by atoms with Crippen LogP contribution in [-0.2, 0) is 13.6 Å². The lowest BCUT2D eigenvalue weighted by Crippen LogP contribution is -2.41. The van der Waals surface area contributed by atoms with Crippen LogP contribution in [0, 0.1) is 5.92 Å². The van der Waals surface area contributed by atoms with Gasteiger partial charge < -0.3 is 14.0 Å². The van der Waals surface area contributed by atoms with E-state index < -0.39 is 0 Å². The zero-order chi connectivity index (χ0) is 17.9. The van der Waals surface area contributed by atoms with Crippen LogP contribution in [0.5, 0.6) is 0 Å². The van der Waals surface area contributed by atoms with Gasteiger partial charge in [-0.05, 0) is 30.9 Å². The molecule has 0 N–H and O–H groups in total. The van der Waals surface area contributed by atoms with Crippen molar-refractivity contribution in [2.24, 2.45) is 13.0 Å².